The van der Waals surface area contributed by atoms with Crippen LogP contribution in [0.5, 0.6) is 0 Å². The van der Waals surface area contributed by atoms with Crippen molar-refractivity contribution in [3.05, 3.63) is 47.9 Å². The molecule has 0 saturated carbocycles. The summed E-state index contributed by atoms with van der Waals surface area (Å²) >= 11 is 0. The molecule has 0 radical (unpaired) electrons. The Labute approximate surface area is 498 Å². The van der Waals surface area contributed by atoms with Crippen LogP contribution in [0.4, 0.5) is 0 Å². The van der Waals surface area contributed by atoms with Gasteiger partial charge in [0.05, 0.1) is 24.9 Å². The normalized spacial score (nSPS) is 16.5. The van der Waals surface area contributed by atoms with E-state index < -0.39 is 125 Å². The molecule has 1 fully saturated rings. The Bertz CT molecular complexity index is 2440. The smallest absolute Gasteiger partial charge is 0.255 e. The van der Waals surface area contributed by atoms with Gasteiger partial charge in [-0.15, -0.1) is 0 Å². The molecule has 1 saturated heterocycles. The molecule has 0 aromatic heterocycles. The minimum atomic E-state index is -1.87. The van der Waals surface area contributed by atoms with Crippen LogP contribution in [0, 0.1) is 17.8 Å². The number of ether oxygens (including phenoxy) is 1. The van der Waals surface area contributed by atoms with Crippen LogP contribution in [0.15, 0.2) is 42.3 Å². The molecule has 24 heteroatoms. The van der Waals surface area contributed by atoms with Crippen molar-refractivity contribution in [2.24, 2.45) is 23.5 Å². The lowest BCUT2D eigenvalue weighted by atomic mass is 9.95. The van der Waals surface area contributed by atoms with Gasteiger partial charge in [-0.25, -0.2) is 0 Å². The lowest BCUT2D eigenvalue weighted by Gasteiger charge is -2.38. The highest BCUT2D eigenvalue weighted by molar-refractivity contribution is 6.09. The number of amides is 10. The van der Waals surface area contributed by atoms with E-state index in [1.165, 1.54) is 91.0 Å². The Morgan fingerprint density at radius 1 is 0.679 bits per heavy atom. The number of allylic oxidation sites excluding steroid dienone is 1. The Balaban J connectivity index is 2.59. The molecule has 474 valence electrons. The summed E-state index contributed by atoms with van der Waals surface area (Å²) in [4.78, 5) is 153. The molecule has 1 aliphatic heterocycles. The highest BCUT2D eigenvalue weighted by atomic mass is 16.5. The van der Waals surface area contributed by atoms with Crippen LogP contribution < -0.4 is 16.4 Å². The summed E-state index contributed by atoms with van der Waals surface area (Å²) in [6, 6.07) is -1.92. The van der Waals surface area contributed by atoms with Gasteiger partial charge in [-0.05, 0) is 84.6 Å². The van der Waals surface area contributed by atoms with Crippen molar-refractivity contribution in [3.8, 4) is 0 Å². The Kier molecular flexibility index (Phi) is 29.0. The molecule has 0 aliphatic carbocycles. The zero-order valence-corrected chi connectivity index (χ0v) is 53.5. The largest absolute Gasteiger partial charge is 0.511 e. The van der Waals surface area contributed by atoms with Crippen molar-refractivity contribution in [2.45, 2.75) is 182 Å². The van der Waals surface area contributed by atoms with Gasteiger partial charge in [-0.2, -0.15) is 0 Å². The summed E-state index contributed by atoms with van der Waals surface area (Å²) in [6.45, 7) is 20.0. The number of carbonyl (C=O) groups is 10. The highest BCUT2D eigenvalue weighted by Gasteiger charge is 2.44. The first-order valence-electron chi connectivity index (χ1n) is 29.2. The Morgan fingerprint density at radius 3 is 1.73 bits per heavy atom. The van der Waals surface area contributed by atoms with Crippen molar-refractivity contribution in [1.82, 2.24) is 49.8 Å². The second kappa shape index (κ2) is 33.1. The predicted octanol–water partition coefficient (Wildman–Crippen LogP) is 1.97. The molecule has 10 amide bonds. The fourth-order valence-electron chi connectivity index (χ4n) is 9.39. The Hall–Kier alpha value is -6.66. The number of nitrogens with one attached hydrogen (secondary N) is 2. The van der Waals surface area contributed by atoms with Crippen LogP contribution in [0.25, 0.3) is 0 Å². The molecule has 1 aromatic rings. The average Bonchev–Trinajstić information content (AvgIpc) is 3.65. The molecule has 6 N–H and O–H groups in total. The molecular formula is C60H101N11O13. The van der Waals surface area contributed by atoms with Gasteiger partial charge in [0.1, 0.15) is 48.1 Å². The summed E-state index contributed by atoms with van der Waals surface area (Å²) in [6.07, 6.45) is 2.61. The standard InChI is InChI=1S/C60H101N11O13/c1-20-38(6)50(52(76)63-49(59(83)71-29-25-22-26-30-71)58(82)67(16)40(8)54(78)66(15)39(7)53(77)65(14)34-47(74)64(13)33-46(73)37(4)5)70(19)55(79)43(35-84-60(10,11)12)62-51(75)44(31-36(2)3)68(17)56(80)45(32-42-27-23-21-24-28-42)69(18)57(81)48(61)41(9)72/h21,23-24,27-28,33,36-41,43-45,48-50,72-73H,20,22,25-26,29-32,34-35,61H2,1-19H3,(H,62,75)(H,63,76)/b46-33-/t38-,39?,40+,41+,43-,44-,45-,48-,49-,50-/m0/s1. The number of nitrogens with zero attached hydrogens (tertiary/aromatic N) is 8. The fraction of sp³-hybridized carbons (Fsp3) is 0.700. The second-order valence-corrected chi connectivity index (χ2v) is 24.3. The highest BCUT2D eigenvalue weighted by Crippen LogP contribution is 2.22. The first-order chi connectivity index (χ1) is 38.9. The van der Waals surface area contributed by atoms with Gasteiger partial charge in [0, 0.05) is 81.0 Å². The van der Waals surface area contributed by atoms with Gasteiger partial charge in [0.2, 0.25) is 47.3 Å². The van der Waals surface area contributed by atoms with Crippen molar-refractivity contribution < 1.29 is 62.9 Å². The molecule has 1 aromatic carbocycles. The zero-order valence-electron chi connectivity index (χ0n) is 53.5. The molecule has 1 heterocycles. The molecule has 0 spiro atoms. The number of hydrogen-bond acceptors (Lipinski definition) is 14. The quantitative estimate of drug-likeness (QED) is 0.0567. The third-order valence-electron chi connectivity index (χ3n) is 15.6. The van der Waals surface area contributed by atoms with E-state index in [4.69, 9.17) is 10.5 Å². The SMILES string of the molecule is CC[C@H](C)[C@@H](C(=O)N[C@H](C(=O)N1CCCCC1)C(=O)N(C)[C@H](C)C(=O)N(C)C(C)C(=O)N(C)CC(=O)N(C)/C=C(\O)C(C)C)N(C)C(=O)[C@H](COC(C)(C)C)NC(=O)[C@H](CC(C)C)N(C)C(=O)[C@H](Cc1ccccc1)N(C)C(=O)[C@@H](N)[C@@H](C)O. The molecule has 1 aliphatic rings. The number of benzene rings is 1. The molecule has 0 bridgehead atoms. The summed E-state index contributed by atoms with van der Waals surface area (Å²) in [7, 11) is 9.69. The molecule has 84 heavy (non-hydrogen) atoms. The maximum atomic E-state index is 15.1. The number of hydrogen-bond donors (Lipinski definition) is 5. The fourth-order valence-corrected chi connectivity index (χ4v) is 9.39. The van der Waals surface area contributed by atoms with E-state index >= 15 is 4.79 Å². The number of aliphatic hydroxyl groups is 2. The van der Waals surface area contributed by atoms with Crippen molar-refractivity contribution in [1.29, 1.82) is 0 Å². The van der Waals surface area contributed by atoms with Gasteiger partial charge in [0.25, 0.3) is 11.8 Å². The van der Waals surface area contributed by atoms with Gasteiger partial charge in [-0.1, -0.05) is 78.3 Å². The van der Waals surface area contributed by atoms with Gasteiger partial charge in [0.15, 0.2) is 6.04 Å². The van der Waals surface area contributed by atoms with E-state index in [0.717, 1.165) is 30.9 Å². The summed E-state index contributed by atoms with van der Waals surface area (Å²) < 4.78 is 6.13. The lowest BCUT2D eigenvalue weighted by molar-refractivity contribution is -0.154. The first-order valence-corrected chi connectivity index (χ1v) is 29.2. The number of piperidine rings is 1. The molecule has 2 rings (SSSR count). The number of carbonyl (C=O) groups excluding carboxylic acids is 10. The molecule has 24 nitrogen and oxygen atoms in total. The van der Waals surface area contributed by atoms with Crippen LogP contribution in [-0.2, 0) is 59.1 Å². The zero-order chi connectivity index (χ0) is 64.4. The van der Waals surface area contributed by atoms with E-state index in [0.29, 0.717) is 37.9 Å². The number of likely N-dealkylation sites (N-methyl/N-ethyl adjacent to an activating group) is 7. The lowest BCUT2D eigenvalue weighted by Crippen LogP contribution is -2.64. The summed E-state index contributed by atoms with van der Waals surface area (Å²) in [5.41, 5.74) is 5.94. The summed E-state index contributed by atoms with van der Waals surface area (Å²) in [5.74, 6) is -8.26. The van der Waals surface area contributed by atoms with Gasteiger partial charge < -0.3 is 70.5 Å². The molecular weight excluding hydrogens is 1080 g/mol. The topological polar surface area (TPSA) is 296 Å². The van der Waals surface area contributed by atoms with E-state index in [2.05, 4.69) is 10.6 Å². The monoisotopic (exact) mass is 1180 g/mol. The van der Waals surface area contributed by atoms with E-state index in [1.54, 1.807) is 78.8 Å². The van der Waals surface area contributed by atoms with Crippen molar-refractivity contribution in [3.63, 3.8) is 0 Å². The van der Waals surface area contributed by atoms with E-state index in [-0.39, 0.29) is 43.6 Å². The van der Waals surface area contributed by atoms with E-state index in [9.17, 15) is 53.4 Å². The van der Waals surface area contributed by atoms with Crippen LogP contribution in [0.1, 0.15) is 121 Å². The van der Waals surface area contributed by atoms with Crippen LogP contribution in [0.2, 0.25) is 0 Å². The first kappa shape index (κ1) is 73.4. The van der Waals surface area contributed by atoms with Gasteiger partial charge in [-0.3, -0.25) is 47.9 Å². The minimum Gasteiger partial charge on any atom is -0.511 e. The third-order valence-corrected chi connectivity index (χ3v) is 15.6. The molecule has 10 atom stereocenters. The number of likely N-dealkylation sites (tertiary alicyclic amines) is 1. The van der Waals surface area contributed by atoms with Crippen molar-refractivity contribution in [2.75, 3.05) is 75.6 Å². The maximum Gasteiger partial charge on any atom is 0.255 e. The maximum absolute atomic E-state index is 15.1. The number of rotatable bonds is 29. The summed E-state index contributed by atoms with van der Waals surface area (Å²) in [5, 5.41) is 25.9. The average molecular weight is 1180 g/mol. The predicted molar refractivity (Wildman–Crippen MR) is 319 cm³/mol. The van der Waals surface area contributed by atoms with E-state index in [1.807, 2.05) is 13.8 Å². The van der Waals surface area contributed by atoms with Crippen LogP contribution in [-0.4, -0.2) is 244 Å². The van der Waals surface area contributed by atoms with Crippen molar-refractivity contribution >= 4 is 59.1 Å². The van der Waals surface area contributed by atoms with Crippen LogP contribution >= 0.6 is 0 Å². The van der Waals surface area contributed by atoms with Crippen LogP contribution in [0.3, 0.4) is 0 Å². The number of aliphatic hydroxyl groups excluding tert-OH is 2. The molecule has 1 unspecified atom stereocenters. The second-order valence-electron chi connectivity index (χ2n) is 24.3. The minimum absolute atomic E-state index is 0.0296. The Morgan fingerprint density at radius 2 is 1.21 bits per heavy atom. The third kappa shape index (κ3) is 20.8. The van der Waals surface area contributed by atoms with Gasteiger partial charge >= 0.3 is 0 Å². The number of nitrogens with two attached hydrogens (primary N) is 1.